The summed E-state index contributed by atoms with van der Waals surface area (Å²) in [4.78, 5) is 0. The summed E-state index contributed by atoms with van der Waals surface area (Å²) < 4.78 is 34.7. The second kappa shape index (κ2) is 5.02. The predicted molar refractivity (Wildman–Crippen MR) is 68.2 cm³/mol. The molecular weight excluding hydrogens is 295 g/mol. The Morgan fingerprint density at radius 1 is 0.889 bits per heavy atom. The van der Waals surface area contributed by atoms with Crippen LogP contribution in [0, 0.1) is 6.92 Å². The molecule has 0 aliphatic rings. The summed E-state index contributed by atoms with van der Waals surface area (Å²) in [5.74, 6) is 1.24. The van der Waals surface area contributed by atoms with Crippen LogP contribution in [0.2, 0.25) is 0 Å². The van der Waals surface area contributed by atoms with E-state index >= 15 is 0 Å². The van der Waals surface area contributed by atoms with Gasteiger partial charge in [-0.3, -0.25) is 0 Å². The number of hydrogen-bond donors (Lipinski definition) is 2. The van der Waals surface area contributed by atoms with Crippen molar-refractivity contribution >= 4 is 18.5 Å². The molecule has 4 nitrogen and oxygen atoms in total. The first-order valence-electron chi connectivity index (χ1n) is 5.36. The average molecular weight is 308 g/mol. The van der Waals surface area contributed by atoms with Gasteiger partial charge in [0.1, 0.15) is 0 Å². The van der Waals surface area contributed by atoms with E-state index in [0.717, 1.165) is 5.56 Å². The quantitative estimate of drug-likeness (QED) is 0.840. The molecule has 0 radical (unpaired) electrons. The Balaban J connectivity index is 2.16. The summed E-state index contributed by atoms with van der Waals surface area (Å²) in [6, 6.07) is 13.4. The van der Waals surface area contributed by atoms with Crippen LogP contribution in [0.5, 0.6) is 11.5 Å². The van der Waals surface area contributed by atoms with Gasteiger partial charge in [0.15, 0.2) is 0 Å². The van der Waals surface area contributed by atoms with Gasteiger partial charge in [0.25, 0.3) is 0 Å². The molecular formula is C13H13AsO4. The van der Waals surface area contributed by atoms with Gasteiger partial charge < -0.3 is 0 Å². The average Bonchev–Trinajstić information content (AvgIpc) is 2.32. The number of ether oxygens (including phenoxy) is 1. The third-order valence-electron chi connectivity index (χ3n) is 2.43. The van der Waals surface area contributed by atoms with E-state index in [1.165, 1.54) is 12.1 Å². The molecule has 94 valence electrons. The Hall–Kier alpha value is -1.48. The molecule has 0 bridgehead atoms. The fourth-order valence-corrected chi connectivity index (χ4v) is 2.58. The van der Waals surface area contributed by atoms with Crippen LogP contribution < -0.4 is 9.09 Å². The number of benzene rings is 2. The first kappa shape index (κ1) is 13.0. The third-order valence-corrected chi connectivity index (χ3v) is 4.47. The van der Waals surface area contributed by atoms with Gasteiger partial charge in [-0.1, -0.05) is 0 Å². The van der Waals surface area contributed by atoms with E-state index in [2.05, 4.69) is 0 Å². The molecule has 0 aliphatic heterocycles. The minimum absolute atomic E-state index is 0.0457. The van der Waals surface area contributed by atoms with Crippen LogP contribution in [0.1, 0.15) is 5.56 Å². The molecule has 0 atom stereocenters. The molecule has 0 saturated carbocycles. The van der Waals surface area contributed by atoms with Gasteiger partial charge in [0, 0.05) is 0 Å². The van der Waals surface area contributed by atoms with E-state index in [9.17, 15) is 3.74 Å². The van der Waals surface area contributed by atoms with Crippen molar-refractivity contribution in [2.75, 3.05) is 0 Å². The van der Waals surface area contributed by atoms with Crippen LogP contribution in [-0.4, -0.2) is 22.4 Å². The molecule has 2 N–H and O–H groups in total. The molecule has 0 amide bonds. The van der Waals surface area contributed by atoms with Crippen molar-refractivity contribution in [1.29, 1.82) is 0 Å². The maximum absolute atomic E-state index is 11.1. The second-order valence-corrected chi connectivity index (χ2v) is 7.32. The molecule has 2 aromatic carbocycles. The van der Waals surface area contributed by atoms with E-state index in [0.29, 0.717) is 11.5 Å². The van der Waals surface area contributed by atoms with Crippen LogP contribution in [0.3, 0.4) is 0 Å². The number of hydrogen-bond acceptors (Lipinski definition) is 2. The Morgan fingerprint density at radius 2 is 1.33 bits per heavy atom. The number of aryl methyl sites for hydroxylation is 1. The second-order valence-electron chi connectivity index (χ2n) is 3.95. The van der Waals surface area contributed by atoms with Crippen molar-refractivity contribution in [2.24, 2.45) is 0 Å². The van der Waals surface area contributed by atoms with Crippen LogP contribution >= 0.6 is 0 Å². The summed E-state index contributed by atoms with van der Waals surface area (Å²) in [6.45, 7) is 1.99. The van der Waals surface area contributed by atoms with E-state index in [1.54, 1.807) is 12.1 Å². The van der Waals surface area contributed by atoms with Gasteiger partial charge in [-0.05, 0) is 0 Å². The van der Waals surface area contributed by atoms with Crippen molar-refractivity contribution < 1.29 is 16.7 Å². The van der Waals surface area contributed by atoms with Crippen LogP contribution in [0.15, 0.2) is 48.5 Å². The van der Waals surface area contributed by atoms with Gasteiger partial charge >= 0.3 is 108 Å². The molecule has 0 heterocycles. The Bertz CT molecular complexity index is 569. The van der Waals surface area contributed by atoms with E-state index < -0.39 is 14.2 Å². The normalized spacial score (nSPS) is 11.3. The fourth-order valence-electron chi connectivity index (χ4n) is 1.45. The molecule has 0 aliphatic carbocycles. The van der Waals surface area contributed by atoms with Gasteiger partial charge in [-0.25, -0.2) is 0 Å². The zero-order valence-corrected chi connectivity index (χ0v) is 11.7. The topological polar surface area (TPSA) is 66.8 Å². The maximum atomic E-state index is 11.1. The number of rotatable bonds is 3. The van der Waals surface area contributed by atoms with E-state index in [1.807, 2.05) is 31.2 Å². The Labute approximate surface area is 108 Å². The first-order chi connectivity index (χ1) is 8.45. The van der Waals surface area contributed by atoms with E-state index in [4.69, 9.17) is 12.9 Å². The van der Waals surface area contributed by atoms with Gasteiger partial charge in [0.05, 0.1) is 0 Å². The molecule has 2 aromatic rings. The van der Waals surface area contributed by atoms with Crippen molar-refractivity contribution in [3.63, 3.8) is 0 Å². The summed E-state index contributed by atoms with van der Waals surface area (Å²) in [7, 11) is 0. The molecule has 2 rings (SSSR count). The molecule has 0 fully saturated rings. The monoisotopic (exact) mass is 308 g/mol. The summed E-state index contributed by atoms with van der Waals surface area (Å²) in [5.41, 5.74) is 1.14. The summed E-state index contributed by atoms with van der Waals surface area (Å²) in [5, 5.41) is 0. The predicted octanol–water partition coefficient (Wildman–Crippen LogP) is 1.35. The Kier molecular flexibility index (Phi) is 3.62. The van der Waals surface area contributed by atoms with Crippen molar-refractivity contribution in [3.8, 4) is 11.5 Å². The standard InChI is InChI=1S/C13H13AsO4/c1-10-2-6-12(7-3-10)18-13-8-4-11(5-9-13)14(15,16)17/h2-9H,1H3,(H2,15,16,17). The zero-order valence-electron chi connectivity index (χ0n) is 9.78. The summed E-state index contributed by atoms with van der Waals surface area (Å²) >= 11 is -4.79. The van der Waals surface area contributed by atoms with Crippen LogP contribution in [0.25, 0.3) is 0 Å². The SMILES string of the molecule is Cc1ccc(Oc2ccc([As](=O)(O)O)cc2)cc1. The molecule has 0 aromatic heterocycles. The molecule has 0 spiro atoms. The van der Waals surface area contributed by atoms with Gasteiger partial charge in [-0.2, -0.15) is 0 Å². The van der Waals surface area contributed by atoms with Crippen LogP contribution in [-0.2, 0) is 3.74 Å². The van der Waals surface area contributed by atoms with Gasteiger partial charge in [0.2, 0.25) is 0 Å². The first-order valence-corrected chi connectivity index (χ1v) is 8.74. The summed E-state index contributed by atoms with van der Waals surface area (Å²) in [6.07, 6.45) is 0. The van der Waals surface area contributed by atoms with Crippen molar-refractivity contribution in [1.82, 2.24) is 0 Å². The minimum atomic E-state index is -4.79. The zero-order chi connectivity index (χ0) is 13.2. The van der Waals surface area contributed by atoms with Crippen LogP contribution in [0.4, 0.5) is 0 Å². The van der Waals surface area contributed by atoms with Gasteiger partial charge in [-0.15, -0.1) is 0 Å². The van der Waals surface area contributed by atoms with Crippen molar-refractivity contribution in [2.45, 2.75) is 6.92 Å². The van der Waals surface area contributed by atoms with Crippen molar-refractivity contribution in [3.05, 3.63) is 54.1 Å². The molecule has 18 heavy (non-hydrogen) atoms. The molecule has 0 unspecified atom stereocenters. The Morgan fingerprint density at radius 3 is 1.78 bits per heavy atom. The third kappa shape index (κ3) is 3.26. The fraction of sp³-hybridized carbons (Fsp3) is 0.0769. The van der Waals surface area contributed by atoms with E-state index in [-0.39, 0.29) is 4.35 Å². The molecule has 0 saturated heterocycles. The molecule has 5 heteroatoms.